The zero-order chi connectivity index (χ0) is 13.8. The van der Waals surface area contributed by atoms with Gasteiger partial charge >= 0.3 is 0 Å². The summed E-state index contributed by atoms with van der Waals surface area (Å²) in [7, 11) is 1.72. The number of methoxy groups -OCH3 is 1. The molecule has 0 radical (unpaired) electrons. The second-order valence-electron chi connectivity index (χ2n) is 5.90. The van der Waals surface area contributed by atoms with Crippen LogP contribution in [0.25, 0.3) is 0 Å². The maximum atomic E-state index is 9.70. The molecular weight excluding hydrogens is 224 g/mol. The minimum absolute atomic E-state index is 0.467. The highest BCUT2D eigenvalue weighted by Gasteiger charge is 2.12. The van der Waals surface area contributed by atoms with Crippen molar-refractivity contribution in [2.75, 3.05) is 7.11 Å². The van der Waals surface area contributed by atoms with E-state index in [2.05, 4.69) is 32.0 Å². The third-order valence-corrected chi connectivity index (χ3v) is 3.17. The van der Waals surface area contributed by atoms with Gasteiger partial charge < -0.3 is 9.84 Å². The molecule has 0 spiro atoms. The van der Waals surface area contributed by atoms with E-state index < -0.39 is 5.60 Å². The van der Waals surface area contributed by atoms with Crippen LogP contribution in [0.4, 0.5) is 0 Å². The number of hydrogen-bond donors (Lipinski definition) is 1. The second-order valence-corrected chi connectivity index (χ2v) is 5.90. The van der Waals surface area contributed by atoms with Crippen molar-refractivity contribution in [2.24, 2.45) is 0 Å². The van der Waals surface area contributed by atoms with Gasteiger partial charge in [-0.05, 0) is 56.2 Å². The Balaban J connectivity index is 2.70. The number of rotatable bonds is 6. The first-order valence-corrected chi connectivity index (χ1v) is 6.72. The van der Waals surface area contributed by atoms with Gasteiger partial charge in [-0.2, -0.15) is 0 Å². The molecule has 0 aliphatic rings. The van der Waals surface area contributed by atoms with E-state index in [4.69, 9.17) is 4.74 Å². The van der Waals surface area contributed by atoms with Crippen molar-refractivity contribution in [1.82, 2.24) is 0 Å². The Hall–Kier alpha value is -1.02. The normalized spacial score (nSPS) is 11.9. The maximum absolute atomic E-state index is 9.70. The summed E-state index contributed by atoms with van der Waals surface area (Å²) in [5.41, 5.74) is 2.02. The van der Waals surface area contributed by atoms with Crippen LogP contribution in [0.2, 0.25) is 0 Å². The van der Waals surface area contributed by atoms with Crippen LogP contribution in [-0.2, 0) is 6.42 Å². The van der Waals surface area contributed by atoms with Crippen LogP contribution in [0, 0.1) is 0 Å². The highest BCUT2D eigenvalue weighted by atomic mass is 16.5. The molecule has 0 saturated heterocycles. The molecule has 0 aromatic heterocycles. The molecule has 0 saturated carbocycles. The van der Waals surface area contributed by atoms with E-state index in [-0.39, 0.29) is 0 Å². The van der Waals surface area contributed by atoms with Gasteiger partial charge in [0.2, 0.25) is 0 Å². The van der Waals surface area contributed by atoms with Crippen LogP contribution in [0.5, 0.6) is 5.75 Å². The molecule has 18 heavy (non-hydrogen) atoms. The summed E-state index contributed by atoms with van der Waals surface area (Å²) in [5, 5.41) is 9.70. The zero-order valence-electron chi connectivity index (χ0n) is 12.3. The largest absolute Gasteiger partial charge is 0.496 e. The molecule has 0 bridgehead atoms. The molecule has 2 heteroatoms. The van der Waals surface area contributed by atoms with E-state index >= 15 is 0 Å². The fourth-order valence-corrected chi connectivity index (χ4v) is 2.12. The van der Waals surface area contributed by atoms with Crippen LogP contribution in [0.15, 0.2) is 18.2 Å². The molecule has 1 N–H and O–H groups in total. The molecule has 1 aromatic rings. The highest BCUT2D eigenvalue weighted by Crippen LogP contribution is 2.28. The van der Waals surface area contributed by atoms with Crippen LogP contribution < -0.4 is 4.74 Å². The molecule has 1 rings (SSSR count). The van der Waals surface area contributed by atoms with Gasteiger partial charge in [-0.3, -0.25) is 0 Å². The van der Waals surface area contributed by atoms with Gasteiger partial charge in [0.15, 0.2) is 0 Å². The quantitative estimate of drug-likeness (QED) is 0.829. The van der Waals surface area contributed by atoms with Gasteiger partial charge in [-0.25, -0.2) is 0 Å². The Labute approximate surface area is 111 Å². The smallest absolute Gasteiger partial charge is 0.122 e. The predicted octanol–water partition coefficient (Wildman–Crippen LogP) is 3.91. The summed E-state index contributed by atoms with van der Waals surface area (Å²) < 4.78 is 5.38. The first kappa shape index (κ1) is 15.0. The van der Waals surface area contributed by atoms with Gasteiger partial charge in [0.05, 0.1) is 12.7 Å². The van der Waals surface area contributed by atoms with Crippen molar-refractivity contribution in [3.63, 3.8) is 0 Å². The lowest BCUT2D eigenvalue weighted by molar-refractivity contribution is 0.0689. The monoisotopic (exact) mass is 250 g/mol. The van der Waals surface area contributed by atoms with E-state index in [1.54, 1.807) is 7.11 Å². The standard InChI is InChI=1S/C16H26O2/c1-12(2)14-11-13(8-9-15(14)18-5)7-6-10-16(3,4)17/h8-9,11-12,17H,6-7,10H2,1-5H3. The first-order valence-electron chi connectivity index (χ1n) is 6.72. The predicted molar refractivity (Wildman–Crippen MR) is 76.3 cm³/mol. The van der Waals surface area contributed by atoms with Crippen LogP contribution >= 0.6 is 0 Å². The Morgan fingerprint density at radius 2 is 1.94 bits per heavy atom. The third-order valence-electron chi connectivity index (χ3n) is 3.17. The van der Waals surface area contributed by atoms with E-state index in [0.29, 0.717) is 5.92 Å². The molecular formula is C16H26O2. The third kappa shape index (κ3) is 4.69. The average Bonchev–Trinajstić information content (AvgIpc) is 2.27. The molecule has 0 heterocycles. The van der Waals surface area contributed by atoms with Gasteiger partial charge in [0.1, 0.15) is 5.75 Å². The van der Waals surface area contributed by atoms with Crippen molar-refractivity contribution in [2.45, 2.75) is 58.5 Å². The molecule has 0 fully saturated rings. The van der Waals surface area contributed by atoms with Gasteiger partial charge in [0.25, 0.3) is 0 Å². The topological polar surface area (TPSA) is 29.5 Å². The summed E-state index contributed by atoms with van der Waals surface area (Å²) in [6.07, 6.45) is 2.84. The fraction of sp³-hybridized carbons (Fsp3) is 0.625. The minimum Gasteiger partial charge on any atom is -0.496 e. The molecule has 102 valence electrons. The van der Waals surface area contributed by atoms with E-state index in [1.165, 1.54) is 11.1 Å². The highest BCUT2D eigenvalue weighted by molar-refractivity contribution is 5.39. The number of aryl methyl sites for hydroxylation is 1. The Morgan fingerprint density at radius 1 is 1.28 bits per heavy atom. The SMILES string of the molecule is COc1ccc(CCCC(C)(C)O)cc1C(C)C. The zero-order valence-corrected chi connectivity index (χ0v) is 12.3. The molecule has 2 nitrogen and oxygen atoms in total. The Bertz CT molecular complexity index is 375. The summed E-state index contributed by atoms with van der Waals surface area (Å²) in [4.78, 5) is 0. The lowest BCUT2D eigenvalue weighted by Gasteiger charge is -2.17. The van der Waals surface area contributed by atoms with E-state index in [1.807, 2.05) is 13.8 Å². The fourth-order valence-electron chi connectivity index (χ4n) is 2.12. The van der Waals surface area contributed by atoms with E-state index in [9.17, 15) is 5.11 Å². The maximum Gasteiger partial charge on any atom is 0.122 e. The number of hydrogen-bond acceptors (Lipinski definition) is 2. The van der Waals surface area contributed by atoms with Crippen molar-refractivity contribution in [1.29, 1.82) is 0 Å². The molecule has 0 amide bonds. The average molecular weight is 250 g/mol. The Kier molecular flexibility index (Phi) is 5.21. The van der Waals surface area contributed by atoms with Crippen molar-refractivity contribution < 1.29 is 9.84 Å². The summed E-state index contributed by atoms with van der Waals surface area (Å²) in [6.45, 7) is 8.08. The molecule has 0 atom stereocenters. The summed E-state index contributed by atoms with van der Waals surface area (Å²) in [5.74, 6) is 1.44. The van der Waals surface area contributed by atoms with Crippen molar-refractivity contribution in [3.8, 4) is 5.75 Å². The second kappa shape index (κ2) is 6.24. The van der Waals surface area contributed by atoms with E-state index in [0.717, 1.165) is 25.0 Å². The molecule has 0 unspecified atom stereocenters. The molecule has 0 aliphatic heterocycles. The lowest BCUT2D eigenvalue weighted by Crippen LogP contribution is -2.18. The number of aliphatic hydroxyl groups is 1. The lowest BCUT2D eigenvalue weighted by atomic mass is 9.95. The number of benzene rings is 1. The number of ether oxygens (including phenoxy) is 1. The van der Waals surface area contributed by atoms with Crippen molar-refractivity contribution in [3.05, 3.63) is 29.3 Å². The molecule has 0 aliphatic carbocycles. The van der Waals surface area contributed by atoms with Crippen LogP contribution in [0.3, 0.4) is 0 Å². The molecule has 1 aromatic carbocycles. The van der Waals surface area contributed by atoms with Gasteiger partial charge in [-0.15, -0.1) is 0 Å². The minimum atomic E-state index is -0.562. The Morgan fingerprint density at radius 3 is 2.44 bits per heavy atom. The van der Waals surface area contributed by atoms with Gasteiger partial charge in [0, 0.05) is 0 Å². The van der Waals surface area contributed by atoms with Crippen molar-refractivity contribution >= 4 is 0 Å². The summed E-state index contributed by atoms with van der Waals surface area (Å²) in [6, 6.07) is 6.40. The van der Waals surface area contributed by atoms with Crippen LogP contribution in [-0.4, -0.2) is 17.8 Å². The van der Waals surface area contributed by atoms with Gasteiger partial charge in [-0.1, -0.05) is 26.0 Å². The first-order chi connectivity index (χ1) is 8.33. The summed E-state index contributed by atoms with van der Waals surface area (Å²) >= 11 is 0. The van der Waals surface area contributed by atoms with Crippen LogP contribution in [0.1, 0.15) is 57.6 Å².